The van der Waals surface area contributed by atoms with E-state index in [0.29, 0.717) is 18.7 Å². The number of amides is 1. The van der Waals surface area contributed by atoms with Gasteiger partial charge in [0.1, 0.15) is 5.75 Å². The highest BCUT2D eigenvalue weighted by molar-refractivity contribution is 5.94. The van der Waals surface area contributed by atoms with Crippen molar-refractivity contribution < 1.29 is 9.53 Å². The van der Waals surface area contributed by atoms with Crippen LogP contribution in [0.4, 0.5) is 0 Å². The largest absolute Gasteiger partial charge is 0.497 e. The van der Waals surface area contributed by atoms with Crippen LogP contribution in [-0.2, 0) is 19.4 Å². The summed E-state index contributed by atoms with van der Waals surface area (Å²) in [6.07, 6.45) is 8.10. The van der Waals surface area contributed by atoms with Crippen molar-refractivity contribution in [1.29, 1.82) is 0 Å². The van der Waals surface area contributed by atoms with Crippen molar-refractivity contribution in [3.8, 4) is 17.0 Å². The average Bonchev–Trinajstić information content (AvgIpc) is 3.13. The number of carbonyl (C=O) groups is 1. The number of ether oxygens (including phenoxy) is 1. The Morgan fingerprint density at radius 1 is 1.11 bits per heavy atom. The molecule has 2 aromatic heterocycles. The smallest absolute Gasteiger partial charge is 0.251 e. The lowest BCUT2D eigenvalue weighted by Gasteiger charge is -2.14. The van der Waals surface area contributed by atoms with Crippen LogP contribution in [0.2, 0.25) is 0 Å². The van der Waals surface area contributed by atoms with E-state index in [1.54, 1.807) is 43.8 Å². The fourth-order valence-corrected chi connectivity index (χ4v) is 3.72. The van der Waals surface area contributed by atoms with Gasteiger partial charge in [-0.25, -0.2) is 0 Å². The summed E-state index contributed by atoms with van der Waals surface area (Å²) >= 11 is 0. The Morgan fingerprint density at radius 2 is 1.86 bits per heavy atom. The second-order valence-electron chi connectivity index (χ2n) is 6.92. The van der Waals surface area contributed by atoms with Crippen LogP contribution in [-0.4, -0.2) is 34.3 Å². The third-order valence-electron chi connectivity index (χ3n) is 5.17. The highest BCUT2D eigenvalue weighted by Crippen LogP contribution is 2.30. The number of fused-ring (bicyclic) bond motifs is 1. The lowest BCUT2D eigenvalue weighted by atomic mass is 9.94. The molecule has 0 spiro atoms. The van der Waals surface area contributed by atoms with Crippen LogP contribution >= 0.6 is 0 Å². The van der Waals surface area contributed by atoms with Crippen LogP contribution in [0.1, 0.15) is 34.5 Å². The third-order valence-corrected chi connectivity index (χ3v) is 5.17. The molecule has 2 heterocycles. The van der Waals surface area contributed by atoms with Crippen LogP contribution in [0.25, 0.3) is 11.3 Å². The van der Waals surface area contributed by atoms with Gasteiger partial charge in [0.05, 0.1) is 19.3 Å². The molecule has 1 amide bonds. The number of aromatic nitrogens is 3. The number of nitrogens with zero attached hydrogens (tertiary/aromatic N) is 3. The van der Waals surface area contributed by atoms with Gasteiger partial charge in [-0.05, 0) is 62.1 Å². The van der Waals surface area contributed by atoms with Crippen LogP contribution in [0.3, 0.4) is 0 Å². The fourth-order valence-electron chi connectivity index (χ4n) is 3.72. The maximum atomic E-state index is 12.4. The van der Waals surface area contributed by atoms with Crippen LogP contribution in [0.5, 0.6) is 5.75 Å². The van der Waals surface area contributed by atoms with Gasteiger partial charge in [0, 0.05) is 41.3 Å². The number of carbonyl (C=O) groups excluding carboxylic acids is 1. The van der Waals surface area contributed by atoms with Crippen LogP contribution < -0.4 is 10.1 Å². The summed E-state index contributed by atoms with van der Waals surface area (Å²) in [5, 5.41) is 7.87. The third kappa shape index (κ3) is 3.76. The molecule has 0 radical (unpaired) electrons. The molecule has 0 unspecified atom stereocenters. The predicted molar refractivity (Wildman–Crippen MR) is 107 cm³/mol. The van der Waals surface area contributed by atoms with E-state index in [1.807, 2.05) is 12.1 Å². The summed E-state index contributed by atoms with van der Waals surface area (Å²) in [7, 11) is 1.61. The number of hydrogen-bond donors (Lipinski definition) is 1. The molecule has 3 aromatic rings. The van der Waals surface area contributed by atoms with Crippen molar-refractivity contribution in [1.82, 2.24) is 20.1 Å². The zero-order valence-corrected chi connectivity index (χ0v) is 16.0. The maximum Gasteiger partial charge on any atom is 0.251 e. The summed E-state index contributed by atoms with van der Waals surface area (Å²) in [4.78, 5) is 16.5. The Bertz CT molecular complexity index is 949. The van der Waals surface area contributed by atoms with Crippen molar-refractivity contribution in [2.75, 3.05) is 13.7 Å². The zero-order valence-electron chi connectivity index (χ0n) is 16.0. The summed E-state index contributed by atoms with van der Waals surface area (Å²) < 4.78 is 7.20. The fraction of sp³-hybridized carbons (Fsp3) is 0.318. The van der Waals surface area contributed by atoms with Crippen molar-refractivity contribution in [2.24, 2.45) is 0 Å². The van der Waals surface area contributed by atoms with Gasteiger partial charge in [-0.3, -0.25) is 14.5 Å². The standard InChI is InChI=1S/C22H24N4O2/c1-28-18-8-6-17(7-9-18)22(27)24-14-15-26-20-5-3-2-4-19(20)21(25-26)16-10-12-23-13-11-16/h6-13H,2-5,14-15H2,1H3,(H,24,27). The highest BCUT2D eigenvalue weighted by Gasteiger charge is 2.21. The first-order chi connectivity index (χ1) is 13.8. The van der Waals surface area contributed by atoms with E-state index in [2.05, 4.69) is 15.0 Å². The van der Waals surface area contributed by atoms with Crippen molar-refractivity contribution in [2.45, 2.75) is 32.2 Å². The first kappa shape index (κ1) is 18.2. The van der Waals surface area contributed by atoms with E-state index in [0.717, 1.165) is 29.8 Å². The highest BCUT2D eigenvalue weighted by atomic mass is 16.5. The Kier molecular flexibility index (Phi) is 5.37. The first-order valence-electron chi connectivity index (χ1n) is 9.67. The molecule has 0 aliphatic heterocycles. The van der Waals surface area contributed by atoms with Crippen molar-refractivity contribution in [3.63, 3.8) is 0 Å². The van der Waals surface area contributed by atoms with E-state index >= 15 is 0 Å². The van der Waals surface area contributed by atoms with Crippen LogP contribution in [0, 0.1) is 0 Å². The van der Waals surface area contributed by atoms with Crippen molar-refractivity contribution in [3.05, 3.63) is 65.6 Å². The number of pyridine rings is 1. The SMILES string of the molecule is COc1ccc(C(=O)NCCn2nc(-c3ccncc3)c3c2CCCC3)cc1. The number of nitrogens with one attached hydrogen (secondary N) is 1. The molecule has 0 atom stereocenters. The molecule has 1 aromatic carbocycles. The van der Waals surface area contributed by atoms with Gasteiger partial charge in [-0.15, -0.1) is 0 Å². The molecular formula is C22H24N4O2. The first-order valence-corrected chi connectivity index (χ1v) is 9.67. The average molecular weight is 376 g/mol. The lowest BCUT2D eigenvalue weighted by Crippen LogP contribution is -2.28. The molecule has 6 heteroatoms. The number of benzene rings is 1. The van der Waals surface area contributed by atoms with Gasteiger partial charge < -0.3 is 10.1 Å². The molecule has 1 aliphatic rings. The molecular weight excluding hydrogens is 352 g/mol. The van der Waals surface area contributed by atoms with Gasteiger partial charge >= 0.3 is 0 Å². The van der Waals surface area contributed by atoms with Gasteiger partial charge in [-0.2, -0.15) is 5.10 Å². The second-order valence-corrected chi connectivity index (χ2v) is 6.92. The lowest BCUT2D eigenvalue weighted by molar-refractivity contribution is 0.0952. The molecule has 0 saturated carbocycles. The summed E-state index contributed by atoms with van der Waals surface area (Å²) in [6, 6.07) is 11.1. The van der Waals surface area contributed by atoms with E-state index in [1.165, 1.54) is 24.1 Å². The van der Waals surface area contributed by atoms with Gasteiger partial charge in [-0.1, -0.05) is 0 Å². The molecule has 0 bridgehead atoms. The van der Waals surface area contributed by atoms with E-state index in [9.17, 15) is 4.79 Å². The molecule has 0 saturated heterocycles. The summed E-state index contributed by atoms with van der Waals surface area (Å²) in [5.74, 6) is 0.654. The maximum absolute atomic E-state index is 12.4. The Labute approximate surface area is 164 Å². The zero-order chi connectivity index (χ0) is 19.3. The minimum atomic E-state index is -0.0852. The van der Waals surface area contributed by atoms with Gasteiger partial charge in [0.15, 0.2) is 0 Å². The number of rotatable bonds is 6. The molecule has 28 heavy (non-hydrogen) atoms. The predicted octanol–water partition coefficient (Wildman–Crippen LogP) is 3.26. The number of hydrogen-bond acceptors (Lipinski definition) is 4. The van der Waals surface area contributed by atoms with E-state index in [-0.39, 0.29) is 5.91 Å². The van der Waals surface area contributed by atoms with Crippen molar-refractivity contribution >= 4 is 5.91 Å². The quantitative estimate of drug-likeness (QED) is 0.717. The molecule has 144 valence electrons. The summed E-state index contributed by atoms with van der Waals surface area (Å²) in [6.45, 7) is 1.20. The minimum Gasteiger partial charge on any atom is -0.497 e. The molecule has 0 fully saturated rings. The monoisotopic (exact) mass is 376 g/mol. The van der Waals surface area contributed by atoms with E-state index in [4.69, 9.17) is 9.84 Å². The second kappa shape index (κ2) is 8.25. The normalized spacial score (nSPS) is 13.0. The summed E-state index contributed by atoms with van der Waals surface area (Å²) in [5.41, 5.74) is 5.43. The van der Waals surface area contributed by atoms with E-state index < -0.39 is 0 Å². The Balaban J connectivity index is 1.46. The van der Waals surface area contributed by atoms with Gasteiger partial charge in [0.2, 0.25) is 0 Å². The molecule has 6 nitrogen and oxygen atoms in total. The van der Waals surface area contributed by atoms with Gasteiger partial charge in [0.25, 0.3) is 5.91 Å². The van der Waals surface area contributed by atoms with Crippen LogP contribution in [0.15, 0.2) is 48.8 Å². The molecule has 4 rings (SSSR count). The topological polar surface area (TPSA) is 69.0 Å². The minimum absolute atomic E-state index is 0.0852. The number of methoxy groups -OCH3 is 1. The molecule has 1 N–H and O–H groups in total. The molecule has 1 aliphatic carbocycles. The Morgan fingerprint density at radius 3 is 2.61 bits per heavy atom. The Hall–Kier alpha value is -3.15.